The third kappa shape index (κ3) is 4.70. The predicted octanol–water partition coefficient (Wildman–Crippen LogP) is 4.23. The monoisotopic (exact) mass is 394 g/mol. The van der Waals surface area contributed by atoms with Crippen LogP contribution in [-0.2, 0) is 13.1 Å². The zero-order valence-electron chi connectivity index (χ0n) is 15.6. The number of methoxy groups -OCH3 is 2. The number of nitrogens with zero attached hydrogens (tertiary/aromatic N) is 4. The van der Waals surface area contributed by atoms with E-state index in [0.717, 1.165) is 22.6 Å². The van der Waals surface area contributed by atoms with Crippen LogP contribution >= 0.6 is 11.6 Å². The minimum atomic E-state index is 0.0921. The Bertz CT molecular complexity index is 920. The van der Waals surface area contributed by atoms with Gasteiger partial charge in [0.15, 0.2) is 10.8 Å². The number of ether oxygens (including phenoxy) is 2. The fraction of sp³-hybridized carbons (Fsp3) is 0.190. The van der Waals surface area contributed by atoms with E-state index in [1.165, 1.54) is 0 Å². The molecule has 0 aliphatic heterocycles. The average Bonchev–Trinajstić information content (AvgIpc) is 2.74. The Balaban J connectivity index is 1.89. The van der Waals surface area contributed by atoms with Crippen molar-refractivity contribution in [3.63, 3.8) is 0 Å². The first kappa shape index (κ1) is 19.5. The minimum absolute atomic E-state index is 0.0921. The van der Waals surface area contributed by atoms with Gasteiger partial charge in [-0.3, -0.25) is 0 Å². The van der Waals surface area contributed by atoms with Crippen molar-refractivity contribution in [2.45, 2.75) is 13.1 Å². The van der Waals surface area contributed by atoms with Gasteiger partial charge in [0, 0.05) is 13.1 Å². The molecule has 28 heavy (non-hydrogen) atoms. The fourth-order valence-corrected chi connectivity index (χ4v) is 2.88. The smallest absolute Gasteiger partial charge is 0.178 e. The summed E-state index contributed by atoms with van der Waals surface area (Å²) in [5, 5.41) is 9.13. The fourth-order valence-electron chi connectivity index (χ4n) is 2.71. The highest BCUT2D eigenvalue weighted by molar-refractivity contribution is 6.30. The van der Waals surface area contributed by atoms with Crippen LogP contribution < -0.4 is 14.4 Å². The maximum Gasteiger partial charge on any atom is 0.178 e. The van der Waals surface area contributed by atoms with Gasteiger partial charge < -0.3 is 14.4 Å². The van der Waals surface area contributed by atoms with E-state index in [1.54, 1.807) is 20.4 Å². The number of hydrogen-bond acceptors (Lipinski definition) is 6. The quantitative estimate of drug-likeness (QED) is 0.597. The van der Waals surface area contributed by atoms with Gasteiger partial charge in [0.1, 0.15) is 23.4 Å². The van der Waals surface area contributed by atoms with Crippen LogP contribution in [0.25, 0.3) is 0 Å². The van der Waals surface area contributed by atoms with E-state index in [9.17, 15) is 0 Å². The number of halogens is 1. The summed E-state index contributed by atoms with van der Waals surface area (Å²) in [6.45, 7) is 1.18. The molecule has 7 heteroatoms. The first-order chi connectivity index (χ1) is 13.6. The van der Waals surface area contributed by atoms with Crippen molar-refractivity contribution in [3.05, 3.63) is 76.7 Å². The molecule has 3 aromatic rings. The summed E-state index contributed by atoms with van der Waals surface area (Å²) in [7, 11) is 3.28. The van der Waals surface area contributed by atoms with E-state index < -0.39 is 0 Å². The Morgan fingerprint density at radius 2 is 1.43 bits per heavy atom. The Hall–Kier alpha value is -3.30. The van der Waals surface area contributed by atoms with E-state index >= 15 is 0 Å². The lowest BCUT2D eigenvalue weighted by Gasteiger charge is -2.24. The van der Waals surface area contributed by atoms with Crippen LogP contribution in [0.4, 0.5) is 5.82 Å². The zero-order valence-corrected chi connectivity index (χ0v) is 16.3. The van der Waals surface area contributed by atoms with Crippen molar-refractivity contribution in [1.29, 1.82) is 5.26 Å². The molecule has 0 N–H and O–H groups in total. The van der Waals surface area contributed by atoms with Gasteiger partial charge in [0.2, 0.25) is 0 Å². The van der Waals surface area contributed by atoms with Crippen molar-refractivity contribution in [2.75, 3.05) is 19.1 Å². The molecule has 2 aromatic carbocycles. The number of hydrogen-bond donors (Lipinski definition) is 0. The summed E-state index contributed by atoms with van der Waals surface area (Å²) in [6, 6.07) is 17.6. The summed E-state index contributed by atoms with van der Waals surface area (Å²) in [4.78, 5) is 10.5. The maximum atomic E-state index is 9.04. The van der Waals surface area contributed by atoms with Crippen molar-refractivity contribution >= 4 is 17.4 Å². The van der Waals surface area contributed by atoms with Gasteiger partial charge in [0.25, 0.3) is 0 Å². The molecule has 0 atom stereocenters. The lowest BCUT2D eigenvalue weighted by atomic mass is 10.1. The van der Waals surface area contributed by atoms with Crippen LogP contribution in [0.2, 0.25) is 5.15 Å². The Morgan fingerprint density at radius 1 is 0.929 bits per heavy atom. The van der Waals surface area contributed by atoms with Gasteiger partial charge in [-0.05, 0) is 35.4 Å². The molecule has 0 saturated heterocycles. The van der Waals surface area contributed by atoms with Crippen molar-refractivity contribution in [1.82, 2.24) is 9.97 Å². The molecule has 6 nitrogen and oxygen atoms in total. The first-order valence-electron chi connectivity index (χ1n) is 8.56. The summed E-state index contributed by atoms with van der Waals surface area (Å²) < 4.78 is 10.4. The Morgan fingerprint density at radius 3 is 1.82 bits per heavy atom. The molecule has 0 aliphatic rings. The summed E-state index contributed by atoms with van der Waals surface area (Å²) in [6.07, 6.45) is 1.57. The molecule has 3 rings (SSSR count). The van der Waals surface area contributed by atoms with Crippen LogP contribution in [0.5, 0.6) is 11.5 Å². The lowest BCUT2D eigenvalue weighted by molar-refractivity contribution is 0.414. The second kappa shape index (κ2) is 9.07. The highest BCUT2D eigenvalue weighted by Crippen LogP contribution is 2.23. The van der Waals surface area contributed by atoms with E-state index in [0.29, 0.717) is 18.9 Å². The zero-order chi connectivity index (χ0) is 19.9. The topological polar surface area (TPSA) is 71.3 Å². The molecule has 142 valence electrons. The molecule has 0 aliphatic carbocycles. The Kier molecular flexibility index (Phi) is 6.30. The summed E-state index contributed by atoms with van der Waals surface area (Å²) in [5.74, 6) is 2.19. The molecule has 0 amide bonds. The molecule has 1 heterocycles. The molecule has 0 radical (unpaired) electrons. The average molecular weight is 395 g/mol. The van der Waals surface area contributed by atoms with E-state index in [1.807, 2.05) is 59.5 Å². The molecule has 0 bridgehead atoms. The summed E-state index contributed by atoms with van der Waals surface area (Å²) >= 11 is 6.10. The highest BCUT2D eigenvalue weighted by atomic mass is 35.5. The maximum absolute atomic E-state index is 9.04. The van der Waals surface area contributed by atoms with Gasteiger partial charge >= 0.3 is 0 Å². The van der Waals surface area contributed by atoms with Crippen molar-refractivity contribution in [3.8, 4) is 17.6 Å². The van der Waals surface area contributed by atoms with Gasteiger partial charge in [-0.1, -0.05) is 35.9 Å². The van der Waals surface area contributed by atoms with Crippen LogP contribution in [-0.4, -0.2) is 24.2 Å². The van der Waals surface area contributed by atoms with Crippen LogP contribution in [0.15, 0.2) is 54.7 Å². The second-order valence-corrected chi connectivity index (χ2v) is 6.39. The van der Waals surface area contributed by atoms with E-state index in [-0.39, 0.29) is 10.8 Å². The number of anilines is 1. The molecule has 0 unspecified atom stereocenters. The van der Waals surface area contributed by atoms with E-state index in [2.05, 4.69) is 9.97 Å². The van der Waals surface area contributed by atoms with Crippen LogP contribution in [0.1, 0.15) is 16.8 Å². The largest absolute Gasteiger partial charge is 0.497 e. The molecular formula is C21H19ClN4O2. The molecule has 0 fully saturated rings. The van der Waals surface area contributed by atoms with Gasteiger partial charge in [-0.2, -0.15) is 5.26 Å². The summed E-state index contributed by atoms with van der Waals surface area (Å²) in [5.41, 5.74) is 2.27. The first-order valence-corrected chi connectivity index (χ1v) is 8.94. The van der Waals surface area contributed by atoms with Gasteiger partial charge in [-0.15, -0.1) is 0 Å². The van der Waals surface area contributed by atoms with Gasteiger partial charge in [0.05, 0.1) is 20.4 Å². The van der Waals surface area contributed by atoms with Crippen molar-refractivity contribution < 1.29 is 9.47 Å². The molecule has 0 saturated carbocycles. The van der Waals surface area contributed by atoms with E-state index in [4.69, 9.17) is 26.3 Å². The predicted molar refractivity (Wildman–Crippen MR) is 108 cm³/mol. The molecule has 1 aromatic heterocycles. The minimum Gasteiger partial charge on any atom is -0.497 e. The molecular weight excluding hydrogens is 376 g/mol. The molecule has 0 spiro atoms. The number of aromatic nitrogens is 2. The second-order valence-electron chi connectivity index (χ2n) is 6.03. The number of benzene rings is 2. The number of nitriles is 1. The van der Waals surface area contributed by atoms with Crippen LogP contribution in [0, 0.1) is 11.3 Å². The van der Waals surface area contributed by atoms with Crippen LogP contribution in [0.3, 0.4) is 0 Å². The third-order valence-corrected chi connectivity index (χ3v) is 4.48. The SMILES string of the molecule is COc1ccc(CN(Cc2ccc(OC)cc2)c2cnc(C#N)c(Cl)n2)cc1. The number of rotatable bonds is 7. The Labute approximate surface area is 168 Å². The third-order valence-electron chi connectivity index (χ3n) is 4.21. The standard InChI is InChI=1S/C21H19ClN4O2/c1-27-17-7-3-15(4-8-17)13-26(14-16-5-9-18(28-2)10-6-16)20-12-24-19(11-23)21(22)25-20/h3-10,12H,13-14H2,1-2H3. The highest BCUT2D eigenvalue weighted by Gasteiger charge is 2.14. The van der Waals surface area contributed by atoms with Gasteiger partial charge in [-0.25, -0.2) is 9.97 Å². The normalized spacial score (nSPS) is 10.2. The lowest BCUT2D eigenvalue weighted by Crippen LogP contribution is -2.23. The van der Waals surface area contributed by atoms with Crippen molar-refractivity contribution in [2.24, 2.45) is 0 Å².